The molecule has 0 fully saturated rings. The van der Waals surface area contributed by atoms with Crippen LogP contribution in [-0.2, 0) is 20.4 Å². The molecule has 0 amide bonds. The number of carbonyl (C=O) groups is 1. The Labute approximate surface area is 303 Å². The molecule has 0 saturated heterocycles. The van der Waals surface area contributed by atoms with Gasteiger partial charge in [-0.15, -0.1) is 0 Å². The van der Waals surface area contributed by atoms with Gasteiger partial charge in [0.25, 0.3) is 10.0 Å². The molecule has 1 heterocycles. The van der Waals surface area contributed by atoms with Crippen LogP contribution in [0.5, 0.6) is 0 Å². The summed E-state index contributed by atoms with van der Waals surface area (Å²) in [6, 6.07) is 46.9. The molecule has 0 radical (unpaired) electrons. The van der Waals surface area contributed by atoms with Crippen molar-refractivity contribution in [2.24, 2.45) is 0 Å². The molecule has 52 heavy (non-hydrogen) atoms. The summed E-state index contributed by atoms with van der Waals surface area (Å²) in [5.41, 5.74) is 5.76. The molecule has 2 aliphatic rings. The fraction of sp³-hybridized carbons (Fsp3) is 0.0889. The Morgan fingerprint density at radius 3 is 1.83 bits per heavy atom. The number of allylic oxidation sites excluding steroid dienone is 2. The van der Waals surface area contributed by atoms with Crippen molar-refractivity contribution < 1.29 is 23.1 Å². The average Bonchev–Trinajstić information content (AvgIpc) is 3.45. The maximum absolute atomic E-state index is 15.3. The number of methoxy groups -OCH3 is 1. The van der Waals surface area contributed by atoms with E-state index in [0.29, 0.717) is 33.4 Å². The van der Waals surface area contributed by atoms with E-state index in [1.807, 2.05) is 116 Å². The molecule has 1 N–H and O–H groups in total. The summed E-state index contributed by atoms with van der Waals surface area (Å²) in [7, 11) is -3.02. The van der Waals surface area contributed by atoms with Crippen LogP contribution in [0.15, 0.2) is 169 Å². The Balaban J connectivity index is 1.59. The predicted molar refractivity (Wildman–Crippen MR) is 203 cm³/mol. The van der Waals surface area contributed by atoms with Crippen molar-refractivity contribution in [3.05, 3.63) is 214 Å². The number of carbonyl (C=O) groups excluding carboxylic acids is 1. The molecule has 0 unspecified atom stereocenters. The third-order valence-corrected chi connectivity index (χ3v) is 11.7. The molecular weight excluding hydrogens is 667 g/mol. The molecule has 8 rings (SSSR count). The van der Waals surface area contributed by atoms with Crippen molar-refractivity contribution in [1.29, 1.82) is 0 Å². The molecule has 0 bridgehead atoms. The second kappa shape index (κ2) is 12.9. The van der Waals surface area contributed by atoms with Gasteiger partial charge in [0.1, 0.15) is 11.6 Å². The molecule has 0 aromatic heterocycles. The number of hydrogen-bond acceptors (Lipinski definition) is 5. The Bertz CT molecular complexity index is 2480. The first-order valence-corrected chi connectivity index (χ1v) is 18.5. The number of hydrogen-bond donors (Lipinski definition) is 1. The first kappa shape index (κ1) is 33.1. The number of nitrogens with zero attached hydrogens (tertiary/aromatic N) is 1. The molecule has 6 nitrogen and oxygen atoms in total. The molecule has 1 aliphatic carbocycles. The summed E-state index contributed by atoms with van der Waals surface area (Å²) >= 11 is 0. The molecule has 1 aliphatic heterocycles. The minimum atomic E-state index is -4.35. The number of aliphatic hydroxyl groups is 1. The summed E-state index contributed by atoms with van der Waals surface area (Å²) in [6.07, 6.45) is 1.69. The summed E-state index contributed by atoms with van der Waals surface area (Å²) in [5, 5.41) is 13.9. The van der Waals surface area contributed by atoms with Gasteiger partial charge in [-0.2, -0.15) is 0 Å². The molecule has 7 heteroatoms. The summed E-state index contributed by atoms with van der Waals surface area (Å²) < 4.78 is 37.2. The maximum atomic E-state index is 15.3. The van der Waals surface area contributed by atoms with Crippen LogP contribution in [0.1, 0.15) is 60.9 Å². The summed E-state index contributed by atoms with van der Waals surface area (Å²) in [5.74, 6) is -0.579. The van der Waals surface area contributed by atoms with E-state index in [9.17, 15) is 9.90 Å². The van der Waals surface area contributed by atoms with Crippen LogP contribution in [0.2, 0.25) is 0 Å². The first-order valence-electron chi connectivity index (χ1n) is 17.0. The lowest BCUT2D eigenvalue weighted by Gasteiger charge is -2.42. The lowest BCUT2D eigenvalue weighted by molar-refractivity contribution is 0.0183. The van der Waals surface area contributed by atoms with Gasteiger partial charge in [0.15, 0.2) is 0 Å². The normalized spacial score (nSPS) is 18.0. The van der Waals surface area contributed by atoms with Crippen LogP contribution in [-0.4, -0.2) is 30.9 Å². The maximum Gasteiger partial charge on any atom is 0.337 e. The highest BCUT2D eigenvalue weighted by Gasteiger charge is 2.53. The lowest BCUT2D eigenvalue weighted by atomic mass is 9.74. The van der Waals surface area contributed by atoms with Crippen LogP contribution < -0.4 is 0 Å². The largest absolute Gasteiger partial charge is 0.465 e. The molecular formula is C45H35NO5S. The van der Waals surface area contributed by atoms with Crippen LogP contribution in [0.4, 0.5) is 0 Å². The highest BCUT2D eigenvalue weighted by atomic mass is 32.2. The average molecular weight is 702 g/mol. The van der Waals surface area contributed by atoms with Crippen molar-refractivity contribution in [3.63, 3.8) is 0 Å². The van der Waals surface area contributed by atoms with Crippen LogP contribution in [0.3, 0.4) is 0 Å². The molecule has 0 spiro atoms. The van der Waals surface area contributed by atoms with Gasteiger partial charge in [-0.3, -0.25) is 4.31 Å². The molecule has 256 valence electrons. The zero-order chi connectivity index (χ0) is 36.0. The molecule has 6 aromatic carbocycles. The van der Waals surface area contributed by atoms with E-state index >= 15 is 8.42 Å². The summed E-state index contributed by atoms with van der Waals surface area (Å²) in [6.45, 7) is 1.91. The van der Waals surface area contributed by atoms with Crippen molar-refractivity contribution in [2.45, 2.75) is 23.5 Å². The standard InChI is InChI=1S/C45H35NO5S/c1-30-23-25-36(26-24-30)52(49,50)46-29-38-41(32-17-9-4-10-18-32)40(31-15-7-3-8-16-31)37-27-34(44(47)51-2)28-39(42(37)38)45(48,35-21-13-6-14-22-35)43(46)33-19-11-5-12-20-33/h3-29,43,48H,1-2H3/t43-,45+/m0/s1. The summed E-state index contributed by atoms with van der Waals surface area (Å²) in [4.78, 5) is 13.6. The van der Waals surface area contributed by atoms with Crippen molar-refractivity contribution in [3.8, 4) is 0 Å². The van der Waals surface area contributed by atoms with E-state index in [0.717, 1.165) is 27.8 Å². The second-order valence-electron chi connectivity index (χ2n) is 13.1. The number of aryl methyl sites for hydroxylation is 1. The number of esters is 1. The smallest absolute Gasteiger partial charge is 0.337 e. The Morgan fingerprint density at radius 2 is 1.25 bits per heavy atom. The highest BCUT2D eigenvalue weighted by molar-refractivity contribution is 7.89. The SMILES string of the molecule is COC(=O)c1cc2c3c(c1)[C@](O)(c1ccccc1)[C@H](c1ccccc1)N(S(=O)(=O)c1ccc(C)cc1)C=C3C(c1ccccc1)=C2c1ccccc1. The number of ether oxygens (including phenoxy) is 1. The fourth-order valence-corrected chi connectivity index (χ4v) is 9.12. The number of rotatable bonds is 7. The number of benzene rings is 6. The van der Waals surface area contributed by atoms with Gasteiger partial charge in [-0.1, -0.05) is 139 Å². The second-order valence-corrected chi connectivity index (χ2v) is 14.9. The van der Waals surface area contributed by atoms with E-state index in [1.54, 1.807) is 54.7 Å². The fourth-order valence-electron chi connectivity index (χ4n) is 7.60. The van der Waals surface area contributed by atoms with Gasteiger partial charge < -0.3 is 9.84 Å². The van der Waals surface area contributed by atoms with E-state index in [1.165, 1.54) is 11.4 Å². The van der Waals surface area contributed by atoms with Gasteiger partial charge in [0, 0.05) is 11.8 Å². The Kier molecular flexibility index (Phi) is 8.25. The van der Waals surface area contributed by atoms with Crippen LogP contribution >= 0.6 is 0 Å². The van der Waals surface area contributed by atoms with Gasteiger partial charge in [0.2, 0.25) is 0 Å². The number of sulfonamides is 1. The van der Waals surface area contributed by atoms with Gasteiger partial charge >= 0.3 is 5.97 Å². The Hall–Kier alpha value is -6.02. The monoisotopic (exact) mass is 701 g/mol. The predicted octanol–water partition coefficient (Wildman–Crippen LogP) is 8.78. The van der Waals surface area contributed by atoms with Crippen LogP contribution in [0, 0.1) is 6.92 Å². The third kappa shape index (κ3) is 5.29. The van der Waals surface area contributed by atoms with E-state index in [4.69, 9.17) is 4.74 Å². The lowest BCUT2D eigenvalue weighted by Crippen LogP contribution is -2.45. The van der Waals surface area contributed by atoms with E-state index in [-0.39, 0.29) is 10.5 Å². The van der Waals surface area contributed by atoms with E-state index in [2.05, 4.69) is 0 Å². The molecule has 6 aromatic rings. The third-order valence-electron chi connectivity index (χ3n) is 9.99. The zero-order valence-electron chi connectivity index (χ0n) is 28.6. The first-order chi connectivity index (χ1) is 25.2. The highest BCUT2D eigenvalue weighted by Crippen LogP contribution is 2.58. The zero-order valence-corrected chi connectivity index (χ0v) is 29.4. The topological polar surface area (TPSA) is 83.9 Å². The van der Waals surface area contributed by atoms with Crippen molar-refractivity contribution in [1.82, 2.24) is 4.31 Å². The van der Waals surface area contributed by atoms with Gasteiger partial charge in [-0.05, 0) is 81.3 Å². The van der Waals surface area contributed by atoms with E-state index < -0.39 is 27.6 Å². The molecule has 2 atom stereocenters. The Morgan fingerprint density at radius 1 is 0.712 bits per heavy atom. The van der Waals surface area contributed by atoms with Gasteiger partial charge in [-0.25, -0.2) is 13.2 Å². The molecule has 0 saturated carbocycles. The minimum Gasteiger partial charge on any atom is -0.465 e. The van der Waals surface area contributed by atoms with Crippen molar-refractivity contribution in [2.75, 3.05) is 7.11 Å². The van der Waals surface area contributed by atoms with Crippen LogP contribution in [0.25, 0.3) is 16.7 Å². The minimum absolute atomic E-state index is 0.0826. The quantitative estimate of drug-likeness (QED) is 0.168. The van der Waals surface area contributed by atoms with Gasteiger partial charge in [0.05, 0.1) is 17.6 Å². The van der Waals surface area contributed by atoms with Crippen molar-refractivity contribution >= 4 is 32.7 Å².